The number of carbonyl (C=O) groups excluding carboxylic acids is 1. The van der Waals surface area contributed by atoms with Gasteiger partial charge >= 0.3 is 11.9 Å². The molecule has 0 saturated heterocycles. The van der Waals surface area contributed by atoms with Gasteiger partial charge in [0.1, 0.15) is 0 Å². The van der Waals surface area contributed by atoms with Crippen LogP contribution in [0.3, 0.4) is 0 Å². The van der Waals surface area contributed by atoms with Crippen LogP contribution in [0.5, 0.6) is 0 Å². The normalized spacial score (nSPS) is 12.2. The molecule has 0 aromatic heterocycles. The number of ether oxygens (including phenoxy) is 2. The van der Waals surface area contributed by atoms with E-state index in [0.29, 0.717) is 6.42 Å². The molecule has 0 spiro atoms. The van der Waals surface area contributed by atoms with Crippen LogP contribution in [0.2, 0.25) is 0 Å². The Bertz CT molecular complexity index is 177. The second-order valence-corrected chi connectivity index (χ2v) is 2.43. The van der Waals surface area contributed by atoms with Crippen LogP contribution in [0.4, 0.5) is 0 Å². The molecule has 0 bridgehead atoms. The molecule has 1 atom stereocenters. The van der Waals surface area contributed by atoms with Crippen LogP contribution in [0.15, 0.2) is 0 Å². The Hall–Kier alpha value is -1.10. The molecule has 0 fully saturated rings. The summed E-state index contributed by atoms with van der Waals surface area (Å²) >= 11 is 0. The van der Waals surface area contributed by atoms with Crippen molar-refractivity contribution in [1.82, 2.24) is 0 Å². The zero-order valence-electron chi connectivity index (χ0n) is 7.78. The fraction of sp³-hybridized carbons (Fsp3) is 0.750. The van der Waals surface area contributed by atoms with E-state index >= 15 is 0 Å². The van der Waals surface area contributed by atoms with Crippen molar-refractivity contribution in [3.8, 4) is 0 Å². The fourth-order valence-corrected chi connectivity index (χ4v) is 0.750. The minimum Gasteiger partial charge on any atom is -0.479 e. The van der Waals surface area contributed by atoms with Gasteiger partial charge in [0.2, 0.25) is 0 Å². The van der Waals surface area contributed by atoms with Crippen molar-refractivity contribution in [1.29, 1.82) is 0 Å². The molecule has 5 heteroatoms. The predicted molar refractivity (Wildman–Crippen MR) is 44.3 cm³/mol. The van der Waals surface area contributed by atoms with E-state index in [1.807, 2.05) is 0 Å². The molecule has 0 heterocycles. The molecule has 0 amide bonds. The molecule has 1 unspecified atom stereocenters. The average Bonchev–Trinajstić information content (AvgIpc) is 2.11. The molecule has 5 nitrogen and oxygen atoms in total. The topological polar surface area (TPSA) is 72.8 Å². The number of carboxylic acids is 1. The zero-order valence-corrected chi connectivity index (χ0v) is 7.78. The highest BCUT2D eigenvalue weighted by Crippen LogP contribution is 1.99. The van der Waals surface area contributed by atoms with Crippen LogP contribution >= 0.6 is 0 Å². The smallest absolute Gasteiger partial charge is 0.332 e. The number of rotatable bonds is 6. The predicted octanol–water partition coefficient (Wildman–Crippen LogP) is 0.429. The second-order valence-electron chi connectivity index (χ2n) is 2.43. The van der Waals surface area contributed by atoms with Gasteiger partial charge in [0, 0.05) is 0 Å². The van der Waals surface area contributed by atoms with Gasteiger partial charge in [-0.05, 0) is 6.42 Å². The van der Waals surface area contributed by atoms with E-state index < -0.39 is 18.0 Å². The third-order valence-electron chi connectivity index (χ3n) is 1.50. The van der Waals surface area contributed by atoms with Crippen LogP contribution < -0.4 is 0 Å². The van der Waals surface area contributed by atoms with E-state index in [1.54, 1.807) is 6.92 Å². The Balaban J connectivity index is 3.61. The maximum absolute atomic E-state index is 10.6. The van der Waals surface area contributed by atoms with Crippen LogP contribution in [0, 0.1) is 0 Å². The highest BCUT2D eigenvalue weighted by Gasteiger charge is 2.15. The molecule has 0 aliphatic rings. The lowest BCUT2D eigenvalue weighted by Gasteiger charge is -2.09. The van der Waals surface area contributed by atoms with Crippen LogP contribution in [-0.4, -0.2) is 36.9 Å². The second kappa shape index (κ2) is 6.42. The first-order valence-corrected chi connectivity index (χ1v) is 4.03. The summed E-state index contributed by atoms with van der Waals surface area (Å²) in [6.07, 6.45) is -0.360. The van der Waals surface area contributed by atoms with Crippen molar-refractivity contribution >= 4 is 11.9 Å². The maximum atomic E-state index is 10.6. The standard InChI is InChI=1S/C8H14O5/c1-3-6(8(10)11)13-5-4-7(9)12-2/h6H,3-5H2,1-2H3,(H,10,11). The lowest BCUT2D eigenvalue weighted by molar-refractivity contribution is -0.153. The molecular formula is C8H14O5. The van der Waals surface area contributed by atoms with Crippen LogP contribution in [0.1, 0.15) is 19.8 Å². The van der Waals surface area contributed by atoms with Crippen molar-refractivity contribution in [2.45, 2.75) is 25.9 Å². The Morgan fingerprint density at radius 3 is 2.46 bits per heavy atom. The fourth-order valence-electron chi connectivity index (χ4n) is 0.750. The summed E-state index contributed by atoms with van der Waals surface area (Å²) in [4.78, 5) is 21.0. The van der Waals surface area contributed by atoms with E-state index in [2.05, 4.69) is 4.74 Å². The summed E-state index contributed by atoms with van der Waals surface area (Å²) in [5.74, 6) is -1.41. The summed E-state index contributed by atoms with van der Waals surface area (Å²) in [6, 6.07) is 0. The largest absolute Gasteiger partial charge is 0.479 e. The van der Waals surface area contributed by atoms with E-state index in [9.17, 15) is 9.59 Å². The lowest BCUT2D eigenvalue weighted by atomic mass is 10.3. The summed E-state index contributed by atoms with van der Waals surface area (Å²) < 4.78 is 9.28. The Morgan fingerprint density at radius 2 is 2.08 bits per heavy atom. The van der Waals surface area contributed by atoms with Crippen molar-refractivity contribution in [3.63, 3.8) is 0 Å². The molecule has 0 aliphatic heterocycles. The number of carboxylic acid groups (broad SMARTS) is 1. The van der Waals surface area contributed by atoms with Crippen LogP contribution in [0.25, 0.3) is 0 Å². The van der Waals surface area contributed by atoms with Gasteiger partial charge in [0.05, 0.1) is 20.1 Å². The number of esters is 1. The molecule has 0 aromatic carbocycles. The first-order chi connectivity index (χ1) is 6.11. The van der Waals surface area contributed by atoms with Crippen LogP contribution in [-0.2, 0) is 19.1 Å². The van der Waals surface area contributed by atoms with Gasteiger partial charge in [-0.15, -0.1) is 0 Å². The van der Waals surface area contributed by atoms with Gasteiger partial charge in [-0.2, -0.15) is 0 Å². The monoisotopic (exact) mass is 190 g/mol. The third-order valence-corrected chi connectivity index (χ3v) is 1.50. The minimum atomic E-state index is -1.01. The van der Waals surface area contributed by atoms with E-state index in [1.165, 1.54) is 7.11 Å². The average molecular weight is 190 g/mol. The zero-order chi connectivity index (χ0) is 10.3. The molecule has 1 N–H and O–H groups in total. The van der Waals surface area contributed by atoms with Gasteiger partial charge < -0.3 is 14.6 Å². The Labute approximate surface area is 76.6 Å². The number of methoxy groups -OCH3 is 1. The number of hydrogen-bond acceptors (Lipinski definition) is 4. The number of carbonyl (C=O) groups is 2. The quantitative estimate of drug-likeness (QED) is 0.615. The van der Waals surface area contributed by atoms with Gasteiger partial charge in [-0.1, -0.05) is 6.92 Å². The minimum absolute atomic E-state index is 0.0808. The third kappa shape index (κ3) is 5.19. The van der Waals surface area contributed by atoms with Crippen molar-refractivity contribution in [2.75, 3.05) is 13.7 Å². The molecule has 0 rings (SSSR count). The van der Waals surface area contributed by atoms with Gasteiger partial charge in [0.25, 0.3) is 0 Å². The highest BCUT2D eigenvalue weighted by atomic mass is 16.5. The first kappa shape index (κ1) is 11.9. The summed E-state index contributed by atoms with van der Waals surface area (Å²) in [7, 11) is 1.27. The Morgan fingerprint density at radius 1 is 1.46 bits per heavy atom. The summed E-state index contributed by atoms with van der Waals surface area (Å²) in [6.45, 7) is 1.79. The van der Waals surface area contributed by atoms with Crippen molar-refractivity contribution in [3.05, 3.63) is 0 Å². The van der Waals surface area contributed by atoms with E-state index in [4.69, 9.17) is 9.84 Å². The summed E-state index contributed by atoms with van der Waals surface area (Å²) in [5, 5.41) is 8.55. The first-order valence-electron chi connectivity index (χ1n) is 4.03. The molecule has 0 aliphatic carbocycles. The number of aliphatic carboxylic acids is 1. The van der Waals surface area contributed by atoms with Gasteiger partial charge in [-0.25, -0.2) is 4.79 Å². The van der Waals surface area contributed by atoms with Gasteiger partial charge in [0.15, 0.2) is 6.10 Å². The lowest BCUT2D eigenvalue weighted by Crippen LogP contribution is -2.24. The maximum Gasteiger partial charge on any atom is 0.332 e. The van der Waals surface area contributed by atoms with E-state index in [-0.39, 0.29) is 13.0 Å². The van der Waals surface area contributed by atoms with Gasteiger partial charge in [-0.3, -0.25) is 4.79 Å². The molecule has 13 heavy (non-hydrogen) atoms. The highest BCUT2D eigenvalue weighted by molar-refractivity contribution is 5.72. The van der Waals surface area contributed by atoms with Crippen molar-refractivity contribution < 1.29 is 24.2 Å². The summed E-state index contributed by atoms with van der Waals surface area (Å²) in [5.41, 5.74) is 0. The molecule has 0 saturated carbocycles. The molecule has 0 aromatic rings. The molecular weight excluding hydrogens is 176 g/mol. The van der Waals surface area contributed by atoms with E-state index in [0.717, 1.165) is 0 Å². The molecule has 0 radical (unpaired) electrons. The Kier molecular flexibility index (Phi) is 5.88. The molecule has 76 valence electrons. The van der Waals surface area contributed by atoms with Crippen molar-refractivity contribution in [2.24, 2.45) is 0 Å². The SMILES string of the molecule is CCC(OCCC(=O)OC)C(=O)O. The number of hydrogen-bond donors (Lipinski definition) is 1.